The summed E-state index contributed by atoms with van der Waals surface area (Å²) in [4.78, 5) is 2.36. The van der Waals surface area contributed by atoms with Crippen LogP contribution >= 0.6 is 0 Å². The first-order valence-electron chi connectivity index (χ1n) is 20.5. The fourth-order valence-electron chi connectivity index (χ4n) is 8.79. The third-order valence-corrected chi connectivity index (χ3v) is 11.7. The summed E-state index contributed by atoms with van der Waals surface area (Å²) in [5.41, 5.74) is 16.9. The molecule has 0 saturated heterocycles. The van der Waals surface area contributed by atoms with Crippen LogP contribution in [-0.2, 0) is 0 Å². The van der Waals surface area contributed by atoms with E-state index in [9.17, 15) is 0 Å². The molecule has 2 nitrogen and oxygen atoms in total. The van der Waals surface area contributed by atoms with Crippen molar-refractivity contribution in [3.8, 4) is 55.6 Å². The number of anilines is 3. The lowest BCUT2D eigenvalue weighted by Gasteiger charge is -2.26. The molecule has 60 heavy (non-hydrogen) atoms. The van der Waals surface area contributed by atoms with Crippen molar-refractivity contribution in [3.63, 3.8) is 0 Å². The lowest BCUT2D eigenvalue weighted by molar-refractivity contribution is 0.669. The second kappa shape index (κ2) is 15.1. The Balaban J connectivity index is 1.02. The number of benzene rings is 10. The second-order valence-electron chi connectivity index (χ2n) is 15.3. The fraction of sp³-hybridized carbons (Fsp3) is 0. The van der Waals surface area contributed by atoms with Crippen LogP contribution in [0, 0.1) is 0 Å². The Morgan fingerprint density at radius 3 is 1.57 bits per heavy atom. The van der Waals surface area contributed by atoms with Crippen molar-refractivity contribution in [1.29, 1.82) is 0 Å². The zero-order chi connectivity index (χ0) is 39.8. The largest absolute Gasteiger partial charge is 0.456 e. The van der Waals surface area contributed by atoms with Crippen LogP contribution in [0.5, 0.6) is 0 Å². The molecule has 282 valence electrons. The van der Waals surface area contributed by atoms with Crippen LogP contribution in [0.1, 0.15) is 0 Å². The number of para-hydroxylation sites is 1. The Hall–Kier alpha value is -7.94. The van der Waals surface area contributed by atoms with Gasteiger partial charge >= 0.3 is 0 Å². The molecular formula is C58H39NO. The summed E-state index contributed by atoms with van der Waals surface area (Å²) in [6.45, 7) is 0. The number of furan rings is 1. The van der Waals surface area contributed by atoms with Crippen LogP contribution in [0.25, 0.3) is 88.3 Å². The van der Waals surface area contributed by atoms with E-state index in [1.807, 2.05) is 12.1 Å². The molecule has 0 aliphatic heterocycles. The SMILES string of the molecule is c1ccc(-c2ccc(-c3ccc(N(c4ccc(-c5cccc6ccccc56)cc4)c4cccc(-c5cccc6oc7ccccc7c56)c4)cc3)cc2-c2ccccc2)cc1. The molecule has 0 aliphatic carbocycles. The maximum atomic E-state index is 6.30. The summed E-state index contributed by atoms with van der Waals surface area (Å²) in [6, 6.07) is 84.9. The molecule has 2 heteroatoms. The summed E-state index contributed by atoms with van der Waals surface area (Å²) in [5.74, 6) is 0. The Morgan fingerprint density at radius 2 is 0.800 bits per heavy atom. The number of hydrogen-bond donors (Lipinski definition) is 0. The Bertz CT molecular complexity index is 3290. The highest BCUT2D eigenvalue weighted by Crippen LogP contribution is 2.42. The van der Waals surface area contributed by atoms with Gasteiger partial charge in [-0.25, -0.2) is 0 Å². The second-order valence-corrected chi connectivity index (χ2v) is 15.3. The molecule has 0 atom stereocenters. The topological polar surface area (TPSA) is 16.4 Å². The molecule has 1 heterocycles. The van der Waals surface area contributed by atoms with E-state index in [-0.39, 0.29) is 0 Å². The van der Waals surface area contributed by atoms with E-state index in [0.717, 1.165) is 55.7 Å². The molecule has 0 unspecified atom stereocenters. The smallest absolute Gasteiger partial charge is 0.136 e. The summed E-state index contributed by atoms with van der Waals surface area (Å²) >= 11 is 0. The van der Waals surface area contributed by atoms with Crippen molar-refractivity contribution in [1.82, 2.24) is 0 Å². The van der Waals surface area contributed by atoms with E-state index in [2.05, 4.69) is 229 Å². The molecule has 0 bridgehead atoms. The zero-order valence-electron chi connectivity index (χ0n) is 32.9. The molecule has 0 fully saturated rings. The van der Waals surface area contributed by atoms with Crippen LogP contribution in [0.3, 0.4) is 0 Å². The van der Waals surface area contributed by atoms with Gasteiger partial charge in [-0.05, 0) is 121 Å². The first-order chi connectivity index (χ1) is 29.7. The van der Waals surface area contributed by atoms with E-state index < -0.39 is 0 Å². The minimum Gasteiger partial charge on any atom is -0.456 e. The first-order valence-corrected chi connectivity index (χ1v) is 20.5. The highest BCUT2D eigenvalue weighted by Gasteiger charge is 2.18. The third-order valence-electron chi connectivity index (χ3n) is 11.7. The number of nitrogens with zero attached hydrogens (tertiary/aromatic N) is 1. The maximum absolute atomic E-state index is 6.30. The predicted molar refractivity (Wildman–Crippen MR) is 253 cm³/mol. The molecular weight excluding hydrogens is 727 g/mol. The van der Waals surface area contributed by atoms with Crippen molar-refractivity contribution in [2.45, 2.75) is 0 Å². The van der Waals surface area contributed by atoms with Gasteiger partial charge in [-0.3, -0.25) is 0 Å². The average Bonchev–Trinajstić information content (AvgIpc) is 3.72. The van der Waals surface area contributed by atoms with Gasteiger partial charge in [0.2, 0.25) is 0 Å². The van der Waals surface area contributed by atoms with E-state index >= 15 is 0 Å². The van der Waals surface area contributed by atoms with Crippen molar-refractivity contribution >= 4 is 49.8 Å². The molecule has 0 radical (unpaired) electrons. The standard InChI is InChI=1S/C58H39NO/c1-3-14-41(15-4-1)52-37-32-45(39-55(52)43-16-5-2-6-17-43)40-28-33-47(34-29-40)59(48-35-30-44(31-36-48)51-24-12-19-42-18-7-8-22-50(42)51)49-21-11-20-46(38-49)53-25-13-27-57-58(53)54-23-9-10-26-56(54)60-57/h1-39H. The third kappa shape index (κ3) is 6.41. The molecule has 0 N–H and O–H groups in total. The molecule has 0 aliphatic rings. The molecule has 11 rings (SSSR count). The highest BCUT2D eigenvalue weighted by molar-refractivity contribution is 6.12. The summed E-state index contributed by atoms with van der Waals surface area (Å²) in [6.07, 6.45) is 0. The van der Waals surface area contributed by atoms with Gasteiger partial charge < -0.3 is 9.32 Å². The van der Waals surface area contributed by atoms with E-state index in [1.54, 1.807) is 0 Å². The van der Waals surface area contributed by atoms with Crippen molar-refractivity contribution < 1.29 is 4.42 Å². The van der Waals surface area contributed by atoms with Gasteiger partial charge in [0.15, 0.2) is 0 Å². The van der Waals surface area contributed by atoms with Crippen LogP contribution in [0.2, 0.25) is 0 Å². The monoisotopic (exact) mass is 765 g/mol. The van der Waals surface area contributed by atoms with Gasteiger partial charge in [0, 0.05) is 27.8 Å². The normalized spacial score (nSPS) is 11.3. The number of fused-ring (bicyclic) bond motifs is 4. The van der Waals surface area contributed by atoms with Crippen LogP contribution in [0.4, 0.5) is 17.1 Å². The number of hydrogen-bond acceptors (Lipinski definition) is 2. The minimum absolute atomic E-state index is 0.891. The molecule has 1 aromatic heterocycles. The van der Waals surface area contributed by atoms with Gasteiger partial charge in [-0.1, -0.05) is 182 Å². The summed E-state index contributed by atoms with van der Waals surface area (Å²) in [5, 5.41) is 4.75. The van der Waals surface area contributed by atoms with Gasteiger partial charge in [-0.15, -0.1) is 0 Å². The first kappa shape index (κ1) is 35.2. The quantitative estimate of drug-likeness (QED) is 0.153. The van der Waals surface area contributed by atoms with Crippen LogP contribution in [0.15, 0.2) is 241 Å². The van der Waals surface area contributed by atoms with E-state index in [1.165, 1.54) is 49.7 Å². The number of rotatable bonds is 8. The Kier molecular flexibility index (Phi) is 8.87. The molecule has 0 spiro atoms. The minimum atomic E-state index is 0.891. The summed E-state index contributed by atoms with van der Waals surface area (Å²) < 4.78 is 6.30. The Labute approximate surface area is 349 Å². The van der Waals surface area contributed by atoms with Gasteiger partial charge in [0.05, 0.1) is 0 Å². The van der Waals surface area contributed by atoms with E-state index in [0.29, 0.717) is 0 Å². The predicted octanol–water partition coefficient (Wildman–Crippen LogP) is 16.5. The lowest BCUT2D eigenvalue weighted by Crippen LogP contribution is -2.10. The van der Waals surface area contributed by atoms with Gasteiger partial charge in [0.1, 0.15) is 11.2 Å². The molecule has 10 aromatic carbocycles. The average molecular weight is 766 g/mol. The maximum Gasteiger partial charge on any atom is 0.136 e. The van der Waals surface area contributed by atoms with Crippen molar-refractivity contribution in [3.05, 3.63) is 237 Å². The van der Waals surface area contributed by atoms with E-state index in [4.69, 9.17) is 4.42 Å². The molecule has 0 saturated carbocycles. The lowest BCUT2D eigenvalue weighted by atomic mass is 9.91. The molecule has 0 amide bonds. The van der Waals surface area contributed by atoms with Crippen molar-refractivity contribution in [2.75, 3.05) is 4.90 Å². The fourth-order valence-corrected chi connectivity index (χ4v) is 8.79. The Morgan fingerprint density at radius 1 is 0.267 bits per heavy atom. The molecule has 11 aromatic rings. The van der Waals surface area contributed by atoms with Crippen molar-refractivity contribution in [2.24, 2.45) is 0 Å². The van der Waals surface area contributed by atoms with Gasteiger partial charge in [0.25, 0.3) is 0 Å². The highest BCUT2D eigenvalue weighted by atomic mass is 16.3. The van der Waals surface area contributed by atoms with Gasteiger partial charge in [-0.2, -0.15) is 0 Å². The van der Waals surface area contributed by atoms with Crippen LogP contribution in [-0.4, -0.2) is 0 Å². The zero-order valence-corrected chi connectivity index (χ0v) is 32.9. The summed E-state index contributed by atoms with van der Waals surface area (Å²) in [7, 11) is 0. The van der Waals surface area contributed by atoms with Crippen LogP contribution < -0.4 is 4.90 Å².